The number of rotatable bonds is 6. The second kappa shape index (κ2) is 7.86. The van der Waals surface area contributed by atoms with Gasteiger partial charge < -0.3 is 23.5 Å². The summed E-state index contributed by atoms with van der Waals surface area (Å²) in [6, 6.07) is 8.14. The summed E-state index contributed by atoms with van der Waals surface area (Å²) in [6.45, 7) is 5.71. The Bertz CT molecular complexity index is 757. The minimum Gasteiger partial charge on any atom is -0.482 e. The van der Waals surface area contributed by atoms with Gasteiger partial charge in [0.05, 0.1) is 18.9 Å². The van der Waals surface area contributed by atoms with Crippen molar-refractivity contribution in [3.05, 3.63) is 36.0 Å². The second-order valence-corrected chi connectivity index (χ2v) is 7.45. The van der Waals surface area contributed by atoms with Crippen molar-refractivity contribution in [2.75, 3.05) is 38.3 Å². The minimum atomic E-state index is -0.632. The van der Waals surface area contributed by atoms with Crippen molar-refractivity contribution in [2.24, 2.45) is 5.92 Å². The Morgan fingerprint density at radius 2 is 2.19 bits per heavy atom. The van der Waals surface area contributed by atoms with Crippen molar-refractivity contribution in [1.82, 2.24) is 10.2 Å². The molecule has 7 heteroatoms. The third-order valence-corrected chi connectivity index (χ3v) is 5.45. The highest BCUT2D eigenvalue weighted by molar-refractivity contribution is 5.58. The van der Waals surface area contributed by atoms with Crippen molar-refractivity contribution in [3.63, 3.8) is 0 Å². The van der Waals surface area contributed by atoms with Gasteiger partial charge in [-0.15, -0.1) is 10.2 Å². The summed E-state index contributed by atoms with van der Waals surface area (Å²) >= 11 is 0. The summed E-state index contributed by atoms with van der Waals surface area (Å²) < 4.78 is 22.9. The molecule has 2 fully saturated rings. The number of para-hydroxylation sites is 2. The van der Waals surface area contributed by atoms with Crippen LogP contribution in [0.15, 0.2) is 28.7 Å². The van der Waals surface area contributed by atoms with Gasteiger partial charge in [0.2, 0.25) is 0 Å². The first-order valence-electron chi connectivity index (χ1n) is 9.63. The average Bonchev–Trinajstić information content (AvgIpc) is 3.37. The third-order valence-electron chi connectivity index (χ3n) is 5.45. The topological polar surface area (TPSA) is 69.9 Å². The highest BCUT2D eigenvalue weighted by atomic mass is 16.6. The van der Waals surface area contributed by atoms with E-state index in [1.165, 1.54) is 12.8 Å². The Morgan fingerprint density at radius 3 is 2.96 bits per heavy atom. The number of nitrogens with zero attached hydrogens (tertiary/aromatic N) is 3. The zero-order chi connectivity index (χ0) is 18.7. The molecule has 0 radical (unpaired) electrons. The number of methoxy groups -OCH3 is 1. The van der Waals surface area contributed by atoms with Gasteiger partial charge in [-0.25, -0.2) is 0 Å². The Kier molecular flexibility index (Phi) is 5.31. The zero-order valence-electron chi connectivity index (χ0n) is 16.0. The zero-order valence-corrected chi connectivity index (χ0v) is 16.0. The molecule has 2 unspecified atom stereocenters. The number of aromatic nitrogens is 2. The van der Waals surface area contributed by atoms with Crippen LogP contribution >= 0.6 is 0 Å². The summed E-state index contributed by atoms with van der Waals surface area (Å²) in [4.78, 5) is 2.40. The van der Waals surface area contributed by atoms with Gasteiger partial charge in [-0.3, -0.25) is 0 Å². The molecule has 2 atom stereocenters. The van der Waals surface area contributed by atoms with Crippen molar-refractivity contribution < 1.29 is 18.6 Å². The molecule has 1 aromatic carbocycles. The van der Waals surface area contributed by atoms with Crippen LogP contribution in [0.5, 0.6) is 5.75 Å². The quantitative estimate of drug-likeness (QED) is 0.770. The summed E-state index contributed by atoms with van der Waals surface area (Å²) in [5.41, 5.74) is 0.494. The van der Waals surface area contributed by atoms with Crippen LogP contribution in [0.3, 0.4) is 0 Å². The molecule has 2 saturated heterocycles. The molecule has 27 heavy (non-hydrogen) atoms. The Hall–Kier alpha value is -2.12. The van der Waals surface area contributed by atoms with Crippen LogP contribution < -0.4 is 9.64 Å². The lowest BCUT2D eigenvalue weighted by Gasteiger charge is -2.33. The highest BCUT2D eigenvalue weighted by Gasteiger charge is 2.42. The third kappa shape index (κ3) is 3.80. The highest BCUT2D eigenvalue weighted by Crippen LogP contribution is 2.34. The average molecular weight is 373 g/mol. The number of hydrogen-bond donors (Lipinski definition) is 0. The van der Waals surface area contributed by atoms with E-state index in [4.69, 9.17) is 18.6 Å². The molecule has 2 aliphatic heterocycles. The molecule has 2 aromatic rings. The molecule has 146 valence electrons. The van der Waals surface area contributed by atoms with Crippen molar-refractivity contribution >= 4 is 5.69 Å². The lowest BCUT2D eigenvalue weighted by Crippen LogP contribution is -2.34. The summed E-state index contributed by atoms with van der Waals surface area (Å²) in [5, 5.41) is 8.30. The number of benzene rings is 1. The van der Waals surface area contributed by atoms with Crippen LogP contribution in [0.2, 0.25) is 0 Å². The monoisotopic (exact) mass is 373 g/mol. The fourth-order valence-corrected chi connectivity index (χ4v) is 3.85. The molecule has 0 N–H and O–H groups in total. The van der Waals surface area contributed by atoms with Crippen molar-refractivity contribution in [1.29, 1.82) is 0 Å². The van der Waals surface area contributed by atoms with Gasteiger partial charge in [0.15, 0.2) is 12.2 Å². The molecule has 3 heterocycles. The maximum Gasteiger partial charge on any atom is 0.254 e. The van der Waals surface area contributed by atoms with Crippen LogP contribution in [-0.4, -0.2) is 43.6 Å². The number of ether oxygens (including phenoxy) is 3. The van der Waals surface area contributed by atoms with Crippen molar-refractivity contribution in [2.45, 2.75) is 38.4 Å². The number of anilines is 1. The summed E-state index contributed by atoms with van der Waals surface area (Å²) in [6.07, 6.45) is 3.21. The van der Waals surface area contributed by atoms with Gasteiger partial charge >= 0.3 is 0 Å². The van der Waals surface area contributed by atoms with Gasteiger partial charge in [0.1, 0.15) is 5.75 Å². The first-order chi connectivity index (χ1) is 13.2. The molecule has 0 bridgehead atoms. The fourth-order valence-electron chi connectivity index (χ4n) is 3.85. The Labute approximate surface area is 159 Å². The first kappa shape index (κ1) is 18.3. The van der Waals surface area contributed by atoms with Crippen LogP contribution in [0.25, 0.3) is 0 Å². The molecule has 4 rings (SSSR count). The van der Waals surface area contributed by atoms with E-state index in [-0.39, 0.29) is 6.61 Å². The van der Waals surface area contributed by atoms with E-state index >= 15 is 0 Å². The van der Waals surface area contributed by atoms with Gasteiger partial charge in [-0.05, 0) is 30.9 Å². The summed E-state index contributed by atoms with van der Waals surface area (Å²) in [7, 11) is 1.64. The smallest absolute Gasteiger partial charge is 0.254 e. The first-order valence-corrected chi connectivity index (χ1v) is 9.63. The van der Waals surface area contributed by atoms with E-state index in [1.54, 1.807) is 7.11 Å². The minimum absolute atomic E-state index is 0.230. The molecule has 1 aromatic heterocycles. The molecule has 0 amide bonds. The van der Waals surface area contributed by atoms with Crippen LogP contribution in [-0.2, 0) is 21.7 Å². The molecular weight excluding hydrogens is 346 g/mol. The Balaban J connectivity index is 1.45. The van der Waals surface area contributed by atoms with E-state index in [1.807, 2.05) is 12.1 Å². The number of hydrogen-bond acceptors (Lipinski definition) is 7. The van der Waals surface area contributed by atoms with E-state index in [2.05, 4.69) is 34.2 Å². The normalized spacial score (nSPS) is 25.7. The SMILES string of the molecule is COC1(c2nnc(COc3ccccc3N3CCCC(C)C3)o2)CCOC1. The predicted molar refractivity (Wildman–Crippen MR) is 99.8 cm³/mol. The standard InChI is InChI=1S/C20H27N3O4/c1-15-6-5-10-23(12-15)16-7-3-4-8-17(16)26-13-18-21-22-19(27-18)20(24-2)9-11-25-14-20/h3-4,7-8,15H,5-6,9-14H2,1-2H3. The van der Waals surface area contributed by atoms with E-state index in [9.17, 15) is 0 Å². The molecule has 7 nitrogen and oxygen atoms in total. The molecule has 0 aliphatic carbocycles. The maximum atomic E-state index is 6.04. The van der Waals surface area contributed by atoms with E-state index < -0.39 is 5.60 Å². The predicted octanol–water partition coefficient (Wildman–Crippen LogP) is 3.15. The van der Waals surface area contributed by atoms with Crippen LogP contribution in [0.4, 0.5) is 5.69 Å². The summed E-state index contributed by atoms with van der Waals surface area (Å²) in [5.74, 6) is 2.44. The van der Waals surface area contributed by atoms with Gasteiger partial charge in [-0.1, -0.05) is 19.1 Å². The van der Waals surface area contributed by atoms with Gasteiger partial charge in [-0.2, -0.15) is 0 Å². The maximum absolute atomic E-state index is 6.04. The lowest BCUT2D eigenvalue weighted by atomic mass is 9.99. The molecule has 0 spiro atoms. The molecule has 0 saturated carbocycles. The van der Waals surface area contributed by atoms with Crippen LogP contribution in [0.1, 0.15) is 38.0 Å². The number of piperidine rings is 1. The second-order valence-electron chi connectivity index (χ2n) is 7.45. The van der Waals surface area contributed by atoms with E-state index in [0.29, 0.717) is 37.3 Å². The molecular formula is C20H27N3O4. The van der Waals surface area contributed by atoms with Crippen molar-refractivity contribution in [3.8, 4) is 5.75 Å². The Morgan fingerprint density at radius 1 is 1.30 bits per heavy atom. The van der Waals surface area contributed by atoms with Gasteiger partial charge in [0, 0.05) is 26.6 Å². The fraction of sp³-hybridized carbons (Fsp3) is 0.600. The lowest BCUT2D eigenvalue weighted by molar-refractivity contribution is -0.0420. The molecule has 2 aliphatic rings. The van der Waals surface area contributed by atoms with Gasteiger partial charge in [0.25, 0.3) is 11.8 Å². The largest absolute Gasteiger partial charge is 0.482 e. The van der Waals surface area contributed by atoms with E-state index in [0.717, 1.165) is 24.5 Å². The van der Waals surface area contributed by atoms with Crippen LogP contribution in [0, 0.1) is 5.92 Å².